The van der Waals surface area contributed by atoms with Crippen LogP contribution in [0.15, 0.2) is 30.3 Å². The monoisotopic (exact) mass is 647 g/mol. The number of hydrogen-bond donors (Lipinski definition) is 3. The molecule has 3 aliphatic carbocycles. The van der Waals surface area contributed by atoms with Gasteiger partial charge in [0.1, 0.15) is 6.61 Å². The number of ether oxygens (including phenoxy) is 2. The zero-order chi connectivity index (χ0) is 34.0. The largest absolute Gasteiger partial charge is 1.00 e. The third kappa shape index (κ3) is 18.4. The van der Waals surface area contributed by atoms with E-state index in [-0.39, 0.29) is 59.2 Å². The maximum absolute atomic E-state index is 11.9. The summed E-state index contributed by atoms with van der Waals surface area (Å²) in [5.74, 6) is 13.2. The normalized spacial score (nSPS) is 24.2. The van der Waals surface area contributed by atoms with Crippen LogP contribution in [0.1, 0.15) is 82.6 Å². The summed E-state index contributed by atoms with van der Waals surface area (Å²) >= 11 is 0. The molecule has 0 spiro atoms. The van der Waals surface area contributed by atoms with Crippen LogP contribution < -0.4 is 29.6 Å². The van der Waals surface area contributed by atoms with E-state index in [1.165, 1.54) is 7.11 Å². The number of aliphatic hydroxyl groups is 1. The van der Waals surface area contributed by atoms with Crippen LogP contribution in [-0.4, -0.2) is 47.5 Å². The number of hydrogen-bond acceptors (Lipinski definition) is 7. The minimum Gasteiger partial charge on any atom is -0.553 e. The third-order valence-electron chi connectivity index (χ3n) is 8.33. The molecule has 0 unspecified atom stereocenters. The molecule has 3 aliphatic rings. The summed E-state index contributed by atoms with van der Waals surface area (Å²) < 4.78 is 10.0. The summed E-state index contributed by atoms with van der Waals surface area (Å²) in [6.07, 6.45) is 26.5. The van der Waals surface area contributed by atoms with Gasteiger partial charge in [-0.15, -0.1) is 37.0 Å². The molecule has 0 amide bonds. The summed E-state index contributed by atoms with van der Waals surface area (Å²) in [5.41, 5.74) is 1.03. The number of methoxy groups -OCH3 is 1. The summed E-state index contributed by atoms with van der Waals surface area (Å²) in [5, 5.41) is 21.9. The van der Waals surface area contributed by atoms with Gasteiger partial charge < -0.3 is 30.8 Å². The van der Waals surface area contributed by atoms with Crippen LogP contribution >= 0.6 is 0 Å². The number of carboxylic acids is 1. The summed E-state index contributed by atoms with van der Waals surface area (Å²) in [4.78, 5) is 33.5. The van der Waals surface area contributed by atoms with Crippen molar-refractivity contribution in [1.29, 1.82) is 0 Å². The molecule has 0 bridgehead atoms. The van der Waals surface area contributed by atoms with E-state index >= 15 is 0 Å². The van der Waals surface area contributed by atoms with Crippen molar-refractivity contribution in [1.82, 2.24) is 0 Å². The summed E-state index contributed by atoms with van der Waals surface area (Å²) in [6, 6.07) is 9.76. The number of carboxylic acid groups (broad SMARTS) is 1. The Labute approximate surface area is 297 Å². The Morgan fingerprint density at radius 1 is 0.696 bits per heavy atom. The number of aliphatic hydroxyl groups excluding tert-OH is 1. The molecule has 0 atom stereocenters. The van der Waals surface area contributed by atoms with Crippen molar-refractivity contribution in [3.05, 3.63) is 41.8 Å². The average Bonchev–Trinajstić information content (AvgIpc) is 3.13. The second-order valence-corrected chi connectivity index (χ2v) is 11.1. The molecule has 1 aromatic rings. The van der Waals surface area contributed by atoms with Gasteiger partial charge >= 0.3 is 47.5 Å². The fraction of sp³-hybridized carbons (Fsp3) is 0.583. The van der Waals surface area contributed by atoms with Gasteiger partial charge in [0.2, 0.25) is 0 Å². The first-order valence-electron chi connectivity index (χ1n) is 15.4. The Kier molecular flexibility index (Phi) is 28.0. The molecule has 10 heteroatoms. The second kappa shape index (κ2) is 28.4. The van der Waals surface area contributed by atoms with Gasteiger partial charge in [0.25, 0.3) is 0 Å². The van der Waals surface area contributed by atoms with Gasteiger partial charge in [-0.1, -0.05) is 30.3 Å². The molecule has 3 fully saturated rings. The molecule has 0 radical (unpaired) electrons. The van der Waals surface area contributed by atoms with Gasteiger partial charge in [-0.3, -0.25) is 14.4 Å². The predicted octanol–water partition coefficient (Wildman–Crippen LogP) is 3.32. The van der Waals surface area contributed by atoms with Crippen molar-refractivity contribution in [2.45, 2.75) is 83.7 Å². The van der Waals surface area contributed by atoms with E-state index in [0.29, 0.717) is 24.4 Å². The van der Waals surface area contributed by atoms with Crippen LogP contribution in [0.25, 0.3) is 5.90 Å². The van der Waals surface area contributed by atoms with E-state index in [1.807, 2.05) is 30.3 Å². The minimum atomic E-state index is -0.666. The molecule has 248 valence electrons. The minimum absolute atomic E-state index is 0. The topological polar surface area (TPSA) is 154 Å². The van der Waals surface area contributed by atoms with Crippen LogP contribution in [-0.2, 0) is 30.5 Å². The van der Waals surface area contributed by atoms with Gasteiger partial charge in [0, 0.05) is 24.9 Å². The number of terminal acetylenes is 3. The molecule has 4 rings (SSSR count). The Balaban J connectivity index is 0. The van der Waals surface area contributed by atoms with E-state index in [9.17, 15) is 14.4 Å². The molecule has 0 saturated heterocycles. The van der Waals surface area contributed by atoms with E-state index in [2.05, 4.69) is 22.5 Å². The third-order valence-corrected chi connectivity index (χ3v) is 8.33. The molecule has 0 aromatic heterocycles. The van der Waals surface area contributed by atoms with Crippen molar-refractivity contribution >= 4 is 17.9 Å². The van der Waals surface area contributed by atoms with E-state index < -0.39 is 5.97 Å². The number of carbonyl (C=O) groups excluding carboxylic acids is 2. The van der Waals surface area contributed by atoms with Crippen LogP contribution in [0.5, 0.6) is 0 Å². The Bertz CT molecular complexity index is 1080. The fourth-order valence-corrected chi connectivity index (χ4v) is 5.51. The number of esters is 2. The van der Waals surface area contributed by atoms with Gasteiger partial charge in [-0.25, -0.2) is 0 Å². The standard InChI is InChI=1S/C16H18O2.C10H14O2.C9H12O2.CH4O.H2NO.Na/c1-2-13-8-10-15(11-9-13)16(17)18-12-14-6-4-3-5-7-14;1-3-8-4-6-9(7-5-8)10(11)12-2;1-2-7-3-5-8(6-4-7)9(10)11;2*1-2;/h1,3-7,13,15H,8-12H2;1,8-9H,4-7H2,2H3;1,7-8H,3-6H2,(H,10,11);2H,1H3;1-2H;/q;;;;-1;+1. The number of aliphatic carboxylic acids is 1. The van der Waals surface area contributed by atoms with Gasteiger partial charge in [0.05, 0.1) is 24.9 Å². The predicted molar refractivity (Wildman–Crippen MR) is 173 cm³/mol. The van der Waals surface area contributed by atoms with Crippen LogP contribution in [0.2, 0.25) is 0 Å². The van der Waals surface area contributed by atoms with Crippen molar-refractivity contribution in [2.75, 3.05) is 14.2 Å². The summed E-state index contributed by atoms with van der Waals surface area (Å²) in [7, 11) is 2.44. The van der Waals surface area contributed by atoms with E-state index in [1.54, 1.807) is 0 Å². The number of rotatable bonds is 5. The molecule has 46 heavy (non-hydrogen) atoms. The van der Waals surface area contributed by atoms with Gasteiger partial charge in [0.15, 0.2) is 0 Å². The molecular formula is C36H50NNaO8. The van der Waals surface area contributed by atoms with Gasteiger partial charge in [-0.05, 0) is 82.6 Å². The molecule has 3 saturated carbocycles. The molecule has 0 heterocycles. The first kappa shape index (κ1) is 45.3. The first-order chi connectivity index (χ1) is 21.8. The molecule has 4 N–H and O–H groups in total. The second-order valence-electron chi connectivity index (χ2n) is 11.1. The first-order valence-corrected chi connectivity index (χ1v) is 15.4. The van der Waals surface area contributed by atoms with Crippen molar-refractivity contribution in [3.8, 4) is 37.0 Å². The van der Waals surface area contributed by atoms with Gasteiger partial charge in [-0.2, -0.15) is 0 Å². The van der Waals surface area contributed by atoms with Crippen LogP contribution in [0.4, 0.5) is 0 Å². The average molecular weight is 648 g/mol. The fourth-order valence-electron chi connectivity index (χ4n) is 5.51. The maximum atomic E-state index is 11.9. The molecule has 0 aliphatic heterocycles. The molecular weight excluding hydrogens is 597 g/mol. The quantitative estimate of drug-likeness (QED) is 0.190. The molecule has 1 aromatic carbocycles. The van der Waals surface area contributed by atoms with Crippen LogP contribution in [0, 0.1) is 72.5 Å². The maximum Gasteiger partial charge on any atom is 1.00 e. The van der Waals surface area contributed by atoms with Crippen molar-refractivity contribution in [3.63, 3.8) is 0 Å². The zero-order valence-corrected chi connectivity index (χ0v) is 29.7. The summed E-state index contributed by atoms with van der Waals surface area (Å²) in [6.45, 7) is 0.370. The molecule has 9 nitrogen and oxygen atoms in total. The van der Waals surface area contributed by atoms with E-state index in [0.717, 1.165) is 89.7 Å². The zero-order valence-electron chi connectivity index (χ0n) is 27.7. The van der Waals surface area contributed by atoms with Crippen molar-refractivity contribution in [2.24, 2.45) is 35.5 Å². The Hall–Kier alpha value is -2.81. The Morgan fingerprint density at radius 2 is 1.04 bits per heavy atom. The van der Waals surface area contributed by atoms with Crippen molar-refractivity contribution < 1.29 is 68.8 Å². The number of benzene rings is 1. The Morgan fingerprint density at radius 3 is 1.37 bits per heavy atom. The smallest absolute Gasteiger partial charge is 0.553 e. The SMILES string of the molecule is C#CC1CCC(C(=O)O)CC1.C#CC1CCC(C(=O)OC)CC1.C#CC1CCC(C(=O)OCc2ccccc2)CC1.CO.[NH-]O.[Na+]. The number of carbonyl (C=O) groups is 3. The van der Waals surface area contributed by atoms with E-state index in [4.69, 9.17) is 45.3 Å². The number of nitrogens with one attached hydrogen (secondary N) is 1. The van der Waals surface area contributed by atoms with Crippen LogP contribution in [0.3, 0.4) is 0 Å².